The van der Waals surface area contributed by atoms with E-state index in [1.807, 2.05) is 6.07 Å². The number of nitrogens with zero attached hydrogens (tertiary/aromatic N) is 2. The van der Waals surface area contributed by atoms with E-state index >= 15 is 0 Å². The fourth-order valence-corrected chi connectivity index (χ4v) is 6.24. The molecule has 2 aliphatic rings. The molecule has 36 heavy (non-hydrogen) atoms. The van der Waals surface area contributed by atoms with Crippen LogP contribution < -0.4 is 0 Å². The summed E-state index contributed by atoms with van der Waals surface area (Å²) >= 11 is 0. The third-order valence-corrected chi connectivity index (χ3v) is 7.85. The standard InChI is InChI=1S/C32H50N2O2/c1-25(22-32(3,4)5)21-30(35)33-18-16-28(17-19-33)24-34(31(36)29-14-10-7-11-15-29)23-26(2)20-27-12-8-6-9-13-27/h6,8-9,12-13,20,25,28-29H,7,10-11,14-19,21-24H2,1-5H3/b26-20+. The van der Waals surface area contributed by atoms with E-state index in [0.717, 1.165) is 51.7 Å². The Balaban J connectivity index is 1.58. The Kier molecular flexibility index (Phi) is 10.6. The number of hydrogen-bond acceptors (Lipinski definition) is 2. The van der Waals surface area contributed by atoms with E-state index in [2.05, 4.69) is 74.8 Å². The second-order valence-corrected chi connectivity index (χ2v) is 12.9. The molecule has 2 amide bonds. The van der Waals surface area contributed by atoms with Gasteiger partial charge in [0, 0.05) is 38.5 Å². The summed E-state index contributed by atoms with van der Waals surface area (Å²) in [7, 11) is 0. The summed E-state index contributed by atoms with van der Waals surface area (Å²) in [6.07, 6.45) is 11.6. The first kappa shape index (κ1) is 28.5. The molecule has 4 heteroatoms. The molecular weight excluding hydrogens is 444 g/mol. The molecule has 1 aliphatic heterocycles. The highest BCUT2D eigenvalue weighted by molar-refractivity contribution is 5.79. The van der Waals surface area contributed by atoms with Crippen molar-refractivity contribution in [3.63, 3.8) is 0 Å². The van der Waals surface area contributed by atoms with E-state index in [9.17, 15) is 9.59 Å². The van der Waals surface area contributed by atoms with Gasteiger partial charge in [0.1, 0.15) is 0 Å². The normalized spacial score (nSPS) is 19.2. The van der Waals surface area contributed by atoms with Crippen LogP contribution in [0.5, 0.6) is 0 Å². The largest absolute Gasteiger partial charge is 0.343 e. The summed E-state index contributed by atoms with van der Waals surface area (Å²) in [5.74, 6) is 1.73. The lowest BCUT2D eigenvalue weighted by molar-refractivity contribution is -0.138. The summed E-state index contributed by atoms with van der Waals surface area (Å²) in [6, 6.07) is 10.4. The van der Waals surface area contributed by atoms with Crippen molar-refractivity contribution in [2.75, 3.05) is 26.2 Å². The van der Waals surface area contributed by atoms with Crippen molar-refractivity contribution in [3.8, 4) is 0 Å². The van der Waals surface area contributed by atoms with E-state index in [1.165, 1.54) is 30.4 Å². The van der Waals surface area contributed by atoms with Crippen LogP contribution in [0.25, 0.3) is 6.08 Å². The summed E-state index contributed by atoms with van der Waals surface area (Å²) in [5, 5.41) is 0. The minimum Gasteiger partial charge on any atom is -0.343 e. The van der Waals surface area contributed by atoms with Gasteiger partial charge in [0.25, 0.3) is 0 Å². The number of benzene rings is 1. The Hall–Kier alpha value is -2.10. The molecule has 1 heterocycles. The van der Waals surface area contributed by atoms with Crippen LogP contribution >= 0.6 is 0 Å². The van der Waals surface area contributed by atoms with Gasteiger partial charge in [-0.15, -0.1) is 0 Å². The van der Waals surface area contributed by atoms with Gasteiger partial charge in [0.05, 0.1) is 0 Å². The van der Waals surface area contributed by atoms with Crippen molar-refractivity contribution in [1.82, 2.24) is 9.80 Å². The lowest BCUT2D eigenvalue weighted by Crippen LogP contribution is -2.45. The van der Waals surface area contributed by atoms with Gasteiger partial charge in [-0.2, -0.15) is 0 Å². The van der Waals surface area contributed by atoms with E-state index in [1.54, 1.807) is 0 Å². The average molecular weight is 495 g/mol. The molecule has 1 saturated carbocycles. The second kappa shape index (κ2) is 13.4. The number of rotatable bonds is 9. The minimum atomic E-state index is 0.189. The topological polar surface area (TPSA) is 40.6 Å². The zero-order chi connectivity index (χ0) is 26.1. The monoisotopic (exact) mass is 494 g/mol. The fraction of sp³-hybridized carbons (Fsp3) is 0.688. The molecule has 0 bridgehead atoms. The van der Waals surface area contributed by atoms with Gasteiger partial charge in [0.2, 0.25) is 11.8 Å². The Morgan fingerprint density at radius 2 is 1.67 bits per heavy atom. The minimum absolute atomic E-state index is 0.189. The predicted octanol–water partition coefficient (Wildman–Crippen LogP) is 7.20. The van der Waals surface area contributed by atoms with Crippen LogP contribution in [-0.4, -0.2) is 47.8 Å². The van der Waals surface area contributed by atoms with Crippen molar-refractivity contribution in [1.29, 1.82) is 0 Å². The van der Waals surface area contributed by atoms with Gasteiger partial charge in [-0.25, -0.2) is 0 Å². The van der Waals surface area contributed by atoms with E-state index in [0.29, 0.717) is 36.6 Å². The van der Waals surface area contributed by atoms with E-state index in [4.69, 9.17) is 0 Å². The first-order valence-electron chi connectivity index (χ1n) is 14.4. The number of carbonyl (C=O) groups excluding carboxylic acids is 2. The van der Waals surface area contributed by atoms with Crippen molar-refractivity contribution >= 4 is 17.9 Å². The highest BCUT2D eigenvalue weighted by atomic mass is 16.2. The molecule has 0 spiro atoms. The van der Waals surface area contributed by atoms with E-state index < -0.39 is 0 Å². The Bertz CT molecular complexity index is 856. The maximum absolute atomic E-state index is 13.6. The summed E-state index contributed by atoms with van der Waals surface area (Å²) < 4.78 is 0. The molecule has 1 atom stereocenters. The van der Waals surface area contributed by atoms with Crippen molar-refractivity contribution < 1.29 is 9.59 Å². The molecule has 1 aliphatic carbocycles. The summed E-state index contributed by atoms with van der Waals surface area (Å²) in [6.45, 7) is 14.3. The van der Waals surface area contributed by atoms with Crippen LogP contribution in [-0.2, 0) is 9.59 Å². The van der Waals surface area contributed by atoms with E-state index in [-0.39, 0.29) is 11.3 Å². The van der Waals surface area contributed by atoms with Crippen LogP contribution in [0.4, 0.5) is 0 Å². The quantitative estimate of drug-likeness (QED) is 0.364. The lowest BCUT2D eigenvalue weighted by atomic mass is 9.84. The van der Waals surface area contributed by atoms with Crippen molar-refractivity contribution in [2.24, 2.45) is 23.2 Å². The molecule has 1 saturated heterocycles. The highest BCUT2D eigenvalue weighted by Crippen LogP contribution is 2.29. The van der Waals surface area contributed by atoms with Crippen LogP contribution in [0.3, 0.4) is 0 Å². The van der Waals surface area contributed by atoms with Crippen LogP contribution in [0.1, 0.15) is 98.0 Å². The van der Waals surface area contributed by atoms with Crippen LogP contribution in [0.2, 0.25) is 0 Å². The van der Waals surface area contributed by atoms with Gasteiger partial charge in [-0.3, -0.25) is 9.59 Å². The third kappa shape index (κ3) is 9.41. The first-order valence-corrected chi connectivity index (χ1v) is 14.4. The molecule has 1 aromatic carbocycles. The number of amides is 2. The average Bonchev–Trinajstić information content (AvgIpc) is 2.83. The maximum Gasteiger partial charge on any atom is 0.225 e. The molecule has 2 fully saturated rings. The summed E-state index contributed by atoms with van der Waals surface area (Å²) in [5.41, 5.74) is 2.67. The second-order valence-electron chi connectivity index (χ2n) is 12.9. The molecule has 1 unspecified atom stereocenters. The van der Waals surface area contributed by atoms with Gasteiger partial charge >= 0.3 is 0 Å². The highest BCUT2D eigenvalue weighted by Gasteiger charge is 2.30. The Morgan fingerprint density at radius 1 is 1.03 bits per heavy atom. The van der Waals surface area contributed by atoms with Gasteiger partial charge in [-0.05, 0) is 61.8 Å². The van der Waals surface area contributed by atoms with Crippen LogP contribution in [0, 0.1) is 23.2 Å². The van der Waals surface area contributed by atoms with Crippen LogP contribution in [0.15, 0.2) is 35.9 Å². The lowest BCUT2D eigenvalue weighted by Gasteiger charge is -2.37. The van der Waals surface area contributed by atoms with Crippen molar-refractivity contribution in [2.45, 2.75) is 92.4 Å². The first-order chi connectivity index (χ1) is 17.1. The molecule has 0 aromatic heterocycles. The molecule has 0 N–H and O–H groups in total. The maximum atomic E-state index is 13.6. The smallest absolute Gasteiger partial charge is 0.225 e. The SMILES string of the molecule is C/C(=C\c1ccccc1)CN(CC1CCN(C(=O)CC(C)CC(C)(C)C)CC1)C(=O)C1CCCCC1. The number of likely N-dealkylation sites (tertiary alicyclic amines) is 1. The summed E-state index contributed by atoms with van der Waals surface area (Å²) in [4.78, 5) is 30.7. The molecular formula is C32H50N2O2. The third-order valence-electron chi connectivity index (χ3n) is 7.85. The zero-order valence-electron chi connectivity index (χ0n) is 23.6. The molecule has 0 radical (unpaired) electrons. The molecule has 1 aromatic rings. The molecule has 200 valence electrons. The Labute approximate surface area is 220 Å². The predicted molar refractivity (Wildman–Crippen MR) is 150 cm³/mol. The van der Waals surface area contributed by atoms with Crippen molar-refractivity contribution in [3.05, 3.63) is 41.5 Å². The Morgan fingerprint density at radius 3 is 2.28 bits per heavy atom. The number of carbonyl (C=O) groups is 2. The molecule has 3 rings (SSSR count). The number of piperidine rings is 1. The zero-order valence-corrected chi connectivity index (χ0v) is 23.6. The van der Waals surface area contributed by atoms with Gasteiger partial charge in [-0.1, -0.05) is 88.9 Å². The molecule has 4 nitrogen and oxygen atoms in total. The van der Waals surface area contributed by atoms with Gasteiger partial charge < -0.3 is 9.80 Å². The number of hydrogen-bond donors (Lipinski definition) is 0. The van der Waals surface area contributed by atoms with Gasteiger partial charge in [0.15, 0.2) is 0 Å². The fourth-order valence-electron chi connectivity index (χ4n) is 6.24.